The van der Waals surface area contributed by atoms with Gasteiger partial charge in [0.1, 0.15) is 5.58 Å². The Hall–Kier alpha value is -4.41. The van der Waals surface area contributed by atoms with Crippen LogP contribution in [-0.4, -0.2) is 9.97 Å². The molecule has 0 N–H and O–H groups in total. The minimum Gasteiger partial charge on any atom is -0.499 e. The van der Waals surface area contributed by atoms with Crippen LogP contribution in [0.1, 0.15) is 45.1 Å². The quantitative estimate of drug-likeness (QED) is 0.166. The number of thiophene rings is 1. The van der Waals surface area contributed by atoms with Crippen molar-refractivity contribution in [2.45, 2.75) is 47.9 Å². The van der Waals surface area contributed by atoms with Gasteiger partial charge in [0, 0.05) is 45.5 Å². The van der Waals surface area contributed by atoms with Crippen LogP contribution >= 0.6 is 11.3 Å². The predicted octanol–water partition coefficient (Wildman–Crippen LogP) is 12.4. The van der Waals surface area contributed by atoms with E-state index in [9.17, 15) is 0 Å². The van der Waals surface area contributed by atoms with Crippen LogP contribution in [0.15, 0.2) is 114 Å². The number of hydrogen-bond donors (Lipinski definition) is 0. The molecule has 0 aliphatic heterocycles. The molecule has 0 aliphatic rings. The van der Waals surface area contributed by atoms with E-state index in [1.165, 1.54) is 10.3 Å². The van der Waals surface area contributed by atoms with Gasteiger partial charge in [-0.05, 0) is 89.3 Å². The number of benzene rings is 4. The summed E-state index contributed by atoms with van der Waals surface area (Å²) in [5.41, 5.74) is 9.28. The van der Waals surface area contributed by atoms with E-state index in [4.69, 9.17) is 12.1 Å². The second-order valence-electron chi connectivity index (χ2n) is 13.2. The first kappa shape index (κ1) is 31.8. The zero-order valence-electron chi connectivity index (χ0n) is 30.4. The van der Waals surface area contributed by atoms with Crippen molar-refractivity contribution in [3.63, 3.8) is 0 Å². The van der Waals surface area contributed by atoms with Gasteiger partial charge >= 0.3 is 0 Å². The number of rotatable bonds is 4. The summed E-state index contributed by atoms with van der Waals surface area (Å²) < 4.78 is 25.9. The van der Waals surface area contributed by atoms with Crippen LogP contribution in [0.2, 0.25) is 0 Å². The maximum Gasteiger partial charge on any atom is 0.138 e. The molecule has 5 heteroatoms. The summed E-state index contributed by atoms with van der Waals surface area (Å²) in [7, 11) is 0. The van der Waals surface area contributed by atoms with Crippen molar-refractivity contribution < 1.29 is 27.3 Å². The molecule has 0 amide bonds. The summed E-state index contributed by atoms with van der Waals surface area (Å²) in [5.74, 6) is 0. The summed E-state index contributed by atoms with van der Waals surface area (Å²) in [4.78, 5) is 10.3. The fourth-order valence-electron chi connectivity index (χ4n) is 6.23. The molecule has 0 atom stereocenters. The molecule has 0 bridgehead atoms. The number of aromatic nitrogens is 2. The van der Waals surface area contributed by atoms with Gasteiger partial charge in [0.05, 0.1) is 10.3 Å². The van der Waals surface area contributed by atoms with Crippen molar-refractivity contribution in [1.29, 1.82) is 0 Å². The van der Waals surface area contributed by atoms with Gasteiger partial charge in [0.25, 0.3) is 0 Å². The predicted molar refractivity (Wildman–Crippen MR) is 202 cm³/mol. The van der Waals surface area contributed by atoms with Gasteiger partial charge in [-0.1, -0.05) is 80.3 Å². The zero-order chi connectivity index (χ0) is 35.2. The maximum absolute atomic E-state index is 9.11. The van der Waals surface area contributed by atoms with Crippen LogP contribution in [0.3, 0.4) is 0 Å². The van der Waals surface area contributed by atoms with Crippen molar-refractivity contribution in [2.75, 3.05) is 0 Å². The van der Waals surface area contributed by atoms with Crippen LogP contribution < -0.4 is 0 Å². The Kier molecular flexibility index (Phi) is 9.23. The average molecular weight is 837 g/mol. The van der Waals surface area contributed by atoms with Gasteiger partial charge in [-0.15, -0.1) is 65.4 Å². The molecular formula is C44H38IrN2OS-2. The van der Waals surface area contributed by atoms with Crippen molar-refractivity contribution in [1.82, 2.24) is 9.97 Å². The largest absolute Gasteiger partial charge is 0.499 e. The van der Waals surface area contributed by atoms with Crippen LogP contribution in [0, 0.1) is 38.3 Å². The molecule has 0 saturated carbocycles. The van der Waals surface area contributed by atoms with Gasteiger partial charge in [0.15, 0.2) is 0 Å². The molecule has 8 rings (SSSR count). The Morgan fingerprint density at radius 1 is 0.776 bits per heavy atom. The van der Waals surface area contributed by atoms with Crippen molar-refractivity contribution in [3.8, 4) is 33.6 Å². The van der Waals surface area contributed by atoms with Gasteiger partial charge in [-0.3, -0.25) is 0 Å². The number of pyridine rings is 2. The zero-order valence-corrected chi connectivity index (χ0v) is 31.6. The topological polar surface area (TPSA) is 38.9 Å². The molecule has 0 fully saturated rings. The van der Waals surface area contributed by atoms with Crippen molar-refractivity contribution in [2.24, 2.45) is 5.41 Å². The fourth-order valence-corrected chi connectivity index (χ4v) is 7.23. The Labute approximate surface area is 309 Å². The monoisotopic (exact) mass is 837 g/mol. The molecule has 0 saturated heterocycles. The molecule has 4 aromatic heterocycles. The van der Waals surface area contributed by atoms with Crippen LogP contribution in [0.5, 0.6) is 0 Å². The number of furan rings is 1. The summed E-state index contributed by atoms with van der Waals surface area (Å²) in [5, 5.41) is 3.31. The minimum atomic E-state index is -1.60. The first-order chi connectivity index (χ1) is 23.9. The number of nitrogens with zero attached hydrogens (tertiary/aromatic N) is 2. The van der Waals surface area contributed by atoms with E-state index in [0.717, 1.165) is 71.4 Å². The summed E-state index contributed by atoms with van der Waals surface area (Å²) >= 11 is 1.75. The standard InChI is InChI=1S/C33H30NOS.C11H8N.Ir/c1-19-9-7-10-20(2)29(19)27-16-28(34-18-23(27)17-33(4,5)6)26-12-8-11-24-25-14-13-22-15-21(3)36-32(22)31(25)35-30(24)26;1-2-6-10(7-3-1)11-8-4-5-9-12-11;/h7-11,13-16,18H,17H2,1-6H3;1-6,8-9H;/q2*-1;/i17D2;;. The van der Waals surface area contributed by atoms with Crippen LogP contribution in [0.4, 0.5) is 0 Å². The van der Waals surface area contributed by atoms with E-state index < -0.39 is 11.8 Å². The summed E-state index contributed by atoms with van der Waals surface area (Å²) in [6.45, 7) is 12.1. The van der Waals surface area contributed by atoms with E-state index in [2.05, 4.69) is 74.3 Å². The summed E-state index contributed by atoms with van der Waals surface area (Å²) in [6, 6.07) is 38.9. The second-order valence-corrected chi connectivity index (χ2v) is 14.4. The molecule has 4 aromatic carbocycles. The van der Waals surface area contributed by atoms with Gasteiger partial charge in [0.2, 0.25) is 0 Å². The van der Waals surface area contributed by atoms with E-state index in [-0.39, 0.29) is 20.1 Å². The number of aryl methyl sites for hydroxylation is 3. The van der Waals surface area contributed by atoms with E-state index in [0.29, 0.717) is 5.56 Å². The fraction of sp³-hybridized carbons (Fsp3) is 0.182. The molecular weight excluding hydrogens is 797 g/mol. The third-order valence-corrected chi connectivity index (χ3v) is 9.34. The van der Waals surface area contributed by atoms with Crippen molar-refractivity contribution in [3.05, 3.63) is 143 Å². The Morgan fingerprint density at radius 3 is 2.27 bits per heavy atom. The van der Waals surface area contributed by atoms with Gasteiger partial charge < -0.3 is 14.4 Å². The molecule has 3 nitrogen and oxygen atoms in total. The van der Waals surface area contributed by atoms with E-state index in [1.54, 1.807) is 23.7 Å². The van der Waals surface area contributed by atoms with Crippen LogP contribution in [0.25, 0.3) is 65.7 Å². The second kappa shape index (κ2) is 14.2. The van der Waals surface area contributed by atoms with E-state index in [1.807, 2.05) is 81.4 Å². The molecule has 247 valence electrons. The molecule has 8 aromatic rings. The van der Waals surface area contributed by atoms with Crippen molar-refractivity contribution >= 4 is 43.4 Å². The minimum absolute atomic E-state index is 0. The third-order valence-electron chi connectivity index (χ3n) is 8.28. The summed E-state index contributed by atoms with van der Waals surface area (Å²) in [6.07, 6.45) is 1.91. The SMILES string of the molecule is [2H]C([2H])(c1cnc(-c2[c-]ccc3c2oc2c3ccc3cc(C)sc32)cc1-c1c(C)cccc1C)C(C)(C)C.[Ir].[c-]1ccccc1-c1ccccn1. The maximum atomic E-state index is 9.11. The first-order valence-electron chi connectivity index (χ1n) is 17.2. The molecule has 0 spiro atoms. The van der Waals surface area contributed by atoms with Gasteiger partial charge in [-0.25, -0.2) is 0 Å². The smallest absolute Gasteiger partial charge is 0.138 e. The molecule has 0 unspecified atom stereocenters. The average Bonchev–Trinajstić information content (AvgIpc) is 3.68. The third kappa shape index (κ3) is 7.16. The van der Waals surface area contributed by atoms with Crippen LogP contribution in [-0.2, 0) is 26.5 Å². The van der Waals surface area contributed by atoms with E-state index >= 15 is 0 Å². The molecule has 0 aliphatic carbocycles. The number of hydrogen-bond acceptors (Lipinski definition) is 4. The first-order valence-corrected chi connectivity index (χ1v) is 17.0. The number of fused-ring (bicyclic) bond motifs is 5. The Balaban J connectivity index is 0.000000291. The molecule has 49 heavy (non-hydrogen) atoms. The van der Waals surface area contributed by atoms with Gasteiger partial charge in [-0.2, -0.15) is 0 Å². The molecule has 4 heterocycles. The normalized spacial score (nSPS) is 12.3. The molecule has 1 radical (unpaired) electrons. The Morgan fingerprint density at radius 2 is 1.55 bits per heavy atom. The Bertz CT molecular complexity index is 2420.